The van der Waals surface area contributed by atoms with Crippen molar-refractivity contribution >= 4 is 22.1 Å². The molecule has 0 amide bonds. The normalized spacial score (nSPS) is 15.8. The second-order valence-electron chi connectivity index (χ2n) is 4.51. The standard InChI is InChI=1S/C14H14OS/c15-14-10-4-2-1-3-5-11(14)7-13-9-16-8-12(13)6-10/h6-9H,1-5H2. The lowest BCUT2D eigenvalue weighted by atomic mass is 9.99. The molecule has 0 radical (unpaired) electrons. The minimum atomic E-state index is 0.293. The molecule has 0 spiro atoms. The van der Waals surface area contributed by atoms with Gasteiger partial charge in [0.1, 0.15) is 0 Å². The average molecular weight is 230 g/mol. The van der Waals surface area contributed by atoms with Gasteiger partial charge < -0.3 is 0 Å². The van der Waals surface area contributed by atoms with E-state index in [0.29, 0.717) is 5.43 Å². The van der Waals surface area contributed by atoms with E-state index in [0.717, 1.165) is 36.8 Å². The van der Waals surface area contributed by atoms with E-state index in [1.54, 1.807) is 11.3 Å². The van der Waals surface area contributed by atoms with E-state index in [4.69, 9.17) is 0 Å². The maximum Gasteiger partial charge on any atom is 0.185 e. The minimum absolute atomic E-state index is 0.293. The first-order valence-corrected chi connectivity index (χ1v) is 6.81. The predicted octanol–water partition coefficient (Wildman–Crippen LogP) is 3.53. The lowest BCUT2D eigenvalue weighted by Crippen LogP contribution is -2.13. The van der Waals surface area contributed by atoms with Gasteiger partial charge in [0.15, 0.2) is 5.43 Å². The summed E-state index contributed by atoms with van der Waals surface area (Å²) < 4.78 is 0. The van der Waals surface area contributed by atoms with E-state index >= 15 is 0 Å². The van der Waals surface area contributed by atoms with E-state index in [9.17, 15) is 4.79 Å². The summed E-state index contributed by atoms with van der Waals surface area (Å²) in [4.78, 5) is 12.2. The van der Waals surface area contributed by atoms with Crippen molar-refractivity contribution in [2.45, 2.75) is 32.1 Å². The van der Waals surface area contributed by atoms with E-state index in [1.165, 1.54) is 17.2 Å². The molecule has 1 aromatic heterocycles. The van der Waals surface area contributed by atoms with Crippen LogP contribution in [0.3, 0.4) is 0 Å². The number of hydrogen-bond donors (Lipinski definition) is 0. The van der Waals surface area contributed by atoms with Gasteiger partial charge in [0.2, 0.25) is 0 Å². The number of thiophene rings is 1. The summed E-state index contributed by atoms with van der Waals surface area (Å²) in [7, 11) is 0. The van der Waals surface area contributed by atoms with E-state index < -0.39 is 0 Å². The largest absolute Gasteiger partial charge is 0.289 e. The first-order chi connectivity index (χ1) is 7.84. The van der Waals surface area contributed by atoms with Crippen molar-refractivity contribution in [2.24, 2.45) is 0 Å². The topological polar surface area (TPSA) is 17.1 Å². The molecule has 0 saturated carbocycles. The Balaban J connectivity index is 2.37. The van der Waals surface area contributed by atoms with Gasteiger partial charge in [-0.05, 0) is 59.3 Å². The van der Waals surface area contributed by atoms with Gasteiger partial charge in [0, 0.05) is 11.1 Å². The lowest BCUT2D eigenvalue weighted by molar-refractivity contribution is 0.663. The maximum absolute atomic E-state index is 12.2. The minimum Gasteiger partial charge on any atom is -0.289 e. The molecule has 0 fully saturated rings. The van der Waals surface area contributed by atoms with Crippen molar-refractivity contribution in [3.63, 3.8) is 0 Å². The number of rotatable bonds is 0. The van der Waals surface area contributed by atoms with Crippen LogP contribution in [0, 0.1) is 0 Å². The van der Waals surface area contributed by atoms with Crippen LogP contribution in [0.1, 0.15) is 30.4 Å². The molecule has 1 aliphatic carbocycles. The molecular weight excluding hydrogens is 216 g/mol. The molecule has 82 valence electrons. The average Bonchev–Trinajstić information content (AvgIpc) is 2.64. The van der Waals surface area contributed by atoms with Crippen LogP contribution in [0.2, 0.25) is 0 Å². The first-order valence-electron chi connectivity index (χ1n) is 5.86. The van der Waals surface area contributed by atoms with Crippen molar-refractivity contribution < 1.29 is 0 Å². The summed E-state index contributed by atoms with van der Waals surface area (Å²) in [5.41, 5.74) is 2.33. The van der Waals surface area contributed by atoms with Gasteiger partial charge in [0.25, 0.3) is 0 Å². The lowest BCUT2D eigenvalue weighted by Gasteiger charge is -2.05. The van der Waals surface area contributed by atoms with Crippen LogP contribution in [0.25, 0.3) is 10.8 Å². The SMILES string of the molecule is O=c1c2cc3cscc3cc1CCCCC2. The number of fused-ring (bicyclic) bond motifs is 3. The highest BCUT2D eigenvalue weighted by molar-refractivity contribution is 7.09. The quantitative estimate of drug-likeness (QED) is 0.676. The monoisotopic (exact) mass is 230 g/mol. The van der Waals surface area contributed by atoms with Crippen molar-refractivity contribution in [1.29, 1.82) is 0 Å². The third kappa shape index (κ3) is 1.67. The highest BCUT2D eigenvalue weighted by Gasteiger charge is 2.09. The smallest absolute Gasteiger partial charge is 0.185 e. The van der Waals surface area contributed by atoms with Crippen LogP contribution in [0.4, 0.5) is 0 Å². The zero-order valence-corrected chi connectivity index (χ0v) is 9.98. The van der Waals surface area contributed by atoms with E-state index in [1.807, 2.05) is 0 Å². The second kappa shape index (κ2) is 4.02. The van der Waals surface area contributed by atoms with Gasteiger partial charge in [-0.15, -0.1) is 0 Å². The highest BCUT2D eigenvalue weighted by atomic mass is 32.1. The summed E-state index contributed by atoms with van der Waals surface area (Å²) in [5, 5.41) is 6.73. The Bertz CT molecular complexity index is 536. The number of hydrogen-bond acceptors (Lipinski definition) is 2. The Kier molecular flexibility index (Phi) is 2.52. The fraction of sp³-hybridized carbons (Fsp3) is 0.357. The molecule has 16 heavy (non-hydrogen) atoms. The zero-order chi connectivity index (χ0) is 11.0. The Morgan fingerprint density at radius 1 is 0.875 bits per heavy atom. The molecule has 2 aromatic rings. The third-order valence-electron chi connectivity index (χ3n) is 3.36. The first kappa shape index (κ1) is 10.0. The van der Waals surface area contributed by atoms with Crippen molar-refractivity contribution in [3.05, 3.63) is 44.2 Å². The van der Waals surface area contributed by atoms with Crippen LogP contribution < -0.4 is 5.43 Å². The van der Waals surface area contributed by atoms with E-state index in [-0.39, 0.29) is 0 Å². The fourth-order valence-corrected chi connectivity index (χ4v) is 3.21. The summed E-state index contributed by atoms with van der Waals surface area (Å²) in [5.74, 6) is 0. The summed E-state index contributed by atoms with van der Waals surface area (Å²) in [6, 6.07) is 4.20. The van der Waals surface area contributed by atoms with Gasteiger partial charge in [0.05, 0.1) is 0 Å². The Hall–Kier alpha value is -1.15. The molecule has 0 saturated heterocycles. The predicted molar refractivity (Wildman–Crippen MR) is 69.4 cm³/mol. The third-order valence-corrected chi connectivity index (χ3v) is 4.14. The molecule has 1 aromatic carbocycles. The Morgan fingerprint density at radius 2 is 1.44 bits per heavy atom. The van der Waals surface area contributed by atoms with Gasteiger partial charge in [-0.1, -0.05) is 6.42 Å². The summed E-state index contributed by atoms with van der Waals surface area (Å²) >= 11 is 1.72. The second-order valence-corrected chi connectivity index (χ2v) is 5.25. The molecule has 1 aliphatic rings. The highest BCUT2D eigenvalue weighted by Crippen LogP contribution is 2.21. The molecule has 3 rings (SSSR count). The van der Waals surface area contributed by atoms with Crippen LogP contribution in [0.15, 0.2) is 27.7 Å². The van der Waals surface area contributed by atoms with Gasteiger partial charge in [-0.25, -0.2) is 0 Å². The van der Waals surface area contributed by atoms with E-state index in [2.05, 4.69) is 22.9 Å². The molecule has 0 N–H and O–H groups in total. The van der Waals surface area contributed by atoms with Gasteiger partial charge in [-0.3, -0.25) is 4.79 Å². The zero-order valence-electron chi connectivity index (χ0n) is 9.16. The van der Waals surface area contributed by atoms with Crippen LogP contribution in [-0.2, 0) is 12.8 Å². The molecule has 2 heteroatoms. The molecule has 1 heterocycles. The summed E-state index contributed by atoms with van der Waals surface area (Å²) in [6.45, 7) is 0. The maximum atomic E-state index is 12.2. The molecular formula is C14H14OS. The Morgan fingerprint density at radius 3 is 2.00 bits per heavy atom. The van der Waals surface area contributed by atoms with Crippen LogP contribution >= 0.6 is 11.3 Å². The van der Waals surface area contributed by atoms with Crippen molar-refractivity contribution in [1.82, 2.24) is 0 Å². The fourth-order valence-electron chi connectivity index (χ4n) is 2.44. The van der Waals surface area contributed by atoms with Gasteiger partial charge >= 0.3 is 0 Å². The van der Waals surface area contributed by atoms with Crippen molar-refractivity contribution in [2.75, 3.05) is 0 Å². The van der Waals surface area contributed by atoms with Gasteiger partial charge in [-0.2, -0.15) is 11.3 Å². The van der Waals surface area contributed by atoms with Crippen molar-refractivity contribution in [3.8, 4) is 0 Å². The van der Waals surface area contributed by atoms with Crippen LogP contribution in [-0.4, -0.2) is 0 Å². The molecule has 0 unspecified atom stereocenters. The van der Waals surface area contributed by atoms with Crippen LogP contribution in [0.5, 0.6) is 0 Å². The Labute approximate surface area is 98.7 Å². The number of aryl methyl sites for hydroxylation is 2. The molecule has 1 nitrogen and oxygen atoms in total. The summed E-state index contributed by atoms with van der Waals surface area (Å²) in [6.07, 6.45) is 5.46. The molecule has 0 atom stereocenters. The molecule has 0 aliphatic heterocycles. The molecule has 2 bridgehead atoms.